The Morgan fingerprint density at radius 1 is 1.10 bits per heavy atom. The molecule has 0 fully saturated rings. The van der Waals surface area contributed by atoms with Crippen LogP contribution >= 0.6 is 23.2 Å². The number of anilines is 1. The third kappa shape index (κ3) is 3.93. The summed E-state index contributed by atoms with van der Waals surface area (Å²) in [6.07, 6.45) is 0.0233. The lowest BCUT2D eigenvalue weighted by Crippen LogP contribution is -2.14. The van der Waals surface area contributed by atoms with Crippen molar-refractivity contribution < 1.29 is 9.72 Å². The van der Waals surface area contributed by atoms with E-state index in [1.807, 2.05) is 0 Å². The highest BCUT2D eigenvalue weighted by molar-refractivity contribution is 6.36. The highest BCUT2D eigenvalue weighted by Crippen LogP contribution is 2.25. The van der Waals surface area contributed by atoms with Crippen molar-refractivity contribution in [1.29, 1.82) is 0 Å². The standard InChI is InChI=1S/C14H10Cl2N2O3/c15-12-2-1-3-13(16)11(12)8-14(19)17-9-4-6-10(7-5-9)18(20)21/h1-7H,8H2,(H,17,19). The molecular weight excluding hydrogens is 315 g/mol. The van der Waals surface area contributed by atoms with Crippen LogP contribution in [0.25, 0.3) is 0 Å². The van der Waals surface area contributed by atoms with Crippen molar-refractivity contribution in [2.45, 2.75) is 6.42 Å². The van der Waals surface area contributed by atoms with E-state index >= 15 is 0 Å². The van der Waals surface area contributed by atoms with E-state index in [1.54, 1.807) is 18.2 Å². The summed E-state index contributed by atoms with van der Waals surface area (Å²) in [6.45, 7) is 0. The van der Waals surface area contributed by atoms with Crippen molar-refractivity contribution in [2.24, 2.45) is 0 Å². The van der Waals surface area contributed by atoms with Crippen LogP contribution < -0.4 is 5.32 Å². The topological polar surface area (TPSA) is 72.2 Å². The molecule has 0 spiro atoms. The van der Waals surface area contributed by atoms with Gasteiger partial charge in [0.05, 0.1) is 11.3 Å². The van der Waals surface area contributed by atoms with Crippen LogP contribution in [0.1, 0.15) is 5.56 Å². The van der Waals surface area contributed by atoms with Gasteiger partial charge in [-0.05, 0) is 29.8 Å². The molecule has 0 bridgehead atoms. The fourth-order valence-electron chi connectivity index (χ4n) is 1.73. The zero-order valence-electron chi connectivity index (χ0n) is 10.7. The summed E-state index contributed by atoms with van der Waals surface area (Å²) >= 11 is 12.0. The average Bonchev–Trinajstić information content (AvgIpc) is 2.43. The maximum absolute atomic E-state index is 11.9. The molecule has 1 amide bonds. The fraction of sp³-hybridized carbons (Fsp3) is 0.0714. The molecule has 21 heavy (non-hydrogen) atoms. The number of nitrogens with zero attached hydrogens (tertiary/aromatic N) is 1. The number of carbonyl (C=O) groups excluding carboxylic acids is 1. The van der Waals surface area contributed by atoms with Gasteiger partial charge in [0.1, 0.15) is 0 Å². The Hall–Kier alpha value is -2.11. The zero-order chi connectivity index (χ0) is 15.4. The van der Waals surface area contributed by atoms with Crippen LogP contribution in [0.3, 0.4) is 0 Å². The van der Waals surface area contributed by atoms with E-state index in [0.717, 1.165) is 0 Å². The first-order chi connectivity index (χ1) is 9.97. The highest BCUT2D eigenvalue weighted by atomic mass is 35.5. The van der Waals surface area contributed by atoms with Gasteiger partial charge in [-0.3, -0.25) is 14.9 Å². The number of non-ortho nitro benzene ring substituents is 1. The second kappa shape index (κ2) is 6.56. The molecule has 0 saturated heterocycles. The SMILES string of the molecule is O=C(Cc1c(Cl)cccc1Cl)Nc1ccc([N+](=O)[O-])cc1. The van der Waals surface area contributed by atoms with E-state index in [4.69, 9.17) is 23.2 Å². The van der Waals surface area contributed by atoms with Crippen molar-refractivity contribution in [1.82, 2.24) is 0 Å². The Morgan fingerprint density at radius 2 is 1.67 bits per heavy atom. The Labute approximate surface area is 130 Å². The first kappa shape index (κ1) is 15.3. The maximum Gasteiger partial charge on any atom is 0.269 e. The largest absolute Gasteiger partial charge is 0.326 e. The zero-order valence-corrected chi connectivity index (χ0v) is 12.2. The van der Waals surface area contributed by atoms with Crippen molar-refractivity contribution in [3.8, 4) is 0 Å². The van der Waals surface area contributed by atoms with E-state index < -0.39 is 4.92 Å². The quantitative estimate of drug-likeness (QED) is 0.680. The Balaban J connectivity index is 2.06. The van der Waals surface area contributed by atoms with Crippen LogP contribution in [0.15, 0.2) is 42.5 Å². The summed E-state index contributed by atoms with van der Waals surface area (Å²) < 4.78 is 0. The number of rotatable bonds is 4. The Bertz CT molecular complexity index is 667. The summed E-state index contributed by atoms with van der Waals surface area (Å²) in [5.74, 6) is -0.307. The first-order valence-corrected chi connectivity index (χ1v) is 6.70. The van der Waals surface area contributed by atoms with Gasteiger partial charge in [0.15, 0.2) is 0 Å². The van der Waals surface area contributed by atoms with Gasteiger partial charge in [-0.2, -0.15) is 0 Å². The average molecular weight is 325 g/mol. The molecule has 0 unspecified atom stereocenters. The molecule has 0 aliphatic rings. The molecule has 1 N–H and O–H groups in total. The minimum absolute atomic E-state index is 0.0233. The molecule has 0 saturated carbocycles. The summed E-state index contributed by atoms with van der Waals surface area (Å²) in [7, 11) is 0. The Kier molecular flexibility index (Phi) is 4.77. The summed E-state index contributed by atoms with van der Waals surface area (Å²) in [5, 5.41) is 14.0. The molecule has 2 aromatic rings. The molecule has 7 heteroatoms. The molecule has 0 aliphatic heterocycles. The lowest BCUT2D eigenvalue weighted by Gasteiger charge is -2.08. The Morgan fingerprint density at radius 3 is 2.19 bits per heavy atom. The predicted molar refractivity (Wildman–Crippen MR) is 81.9 cm³/mol. The number of nitro benzene ring substituents is 1. The molecule has 0 heterocycles. The van der Waals surface area contributed by atoms with Crippen molar-refractivity contribution in [2.75, 3.05) is 5.32 Å². The number of nitrogens with one attached hydrogen (secondary N) is 1. The number of halogens is 2. The third-order valence-electron chi connectivity index (χ3n) is 2.76. The predicted octanol–water partition coefficient (Wildman–Crippen LogP) is 4.08. The van der Waals surface area contributed by atoms with E-state index in [2.05, 4.69) is 5.32 Å². The molecular formula is C14H10Cl2N2O3. The lowest BCUT2D eigenvalue weighted by molar-refractivity contribution is -0.384. The van der Waals surface area contributed by atoms with Crippen LogP contribution in [0.2, 0.25) is 10.0 Å². The van der Waals surface area contributed by atoms with Gasteiger partial charge in [-0.1, -0.05) is 29.3 Å². The molecule has 0 atom stereocenters. The molecule has 108 valence electrons. The smallest absolute Gasteiger partial charge is 0.269 e. The van der Waals surface area contributed by atoms with Gasteiger partial charge in [0.2, 0.25) is 5.91 Å². The van der Waals surface area contributed by atoms with Crippen molar-refractivity contribution >= 4 is 40.5 Å². The molecule has 0 aliphatic carbocycles. The number of amides is 1. The van der Waals surface area contributed by atoms with Gasteiger partial charge < -0.3 is 5.32 Å². The van der Waals surface area contributed by atoms with Crippen LogP contribution in [0.5, 0.6) is 0 Å². The number of nitro groups is 1. The second-order valence-electron chi connectivity index (χ2n) is 4.23. The van der Waals surface area contributed by atoms with Gasteiger partial charge in [0, 0.05) is 27.9 Å². The van der Waals surface area contributed by atoms with Crippen LogP contribution in [0, 0.1) is 10.1 Å². The van der Waals surface area contributed by atoms with E-state index in [-0.39, 0.29) is 18.0 Å². The first-order valence-electron chi connectivity index (χ1n) is 5.94. The van der Waals surface area contributed by atoms with Gasteiger partial charge >= 0.3 is 0 Å². The minimum Gasteiger partial charge on any atom is -0.326 e. The van der Waals surface area contributed by atoms with Gasteiger partial charge in [-0.15, -0.1) is 0 Å². The van der Waals surface area contributed by atoms with E-state index in [0.29, 0.717) is 21.3 Å². The van der Waals surface area contributed by atoms with Gasteiger partial charge in [0.25, 0.3) is 5.69 Å². The van der Waals surface area contributed by atoms with Crippen LogP contribution in [-0.2, 0) is 11.2 Å². The minimum atomic E-state index is -0.505. The van der Waals surface area contributed by atoms with Crippen LogP contribution in [-0.4, -0.2) is 10.8 Å². The summed E-state index contributed by atoms with van der Waals surface area (Å²) in [5.41, 5.74) is 0.969. The molecule has 0 radical (unpaired) electrons. The molecule has 2 rings (SSSR count). The third-order valence-corrected chi connectivity index (χ3v) is 3.47. The van der Waals surface area contributed by atoms with Gasteiger partial charge in [-0.25, -0.2) is 0 Å². The number of benzene rings is 2. The monoisotopic (exact) mass is 324 g/mol. The maximum atomic E-state index is 11.9. The number of carbonyl (C=O) groups is 1. The number of hydrogen-bond donors (Lipinski definition) is 1. The number of hydrogen-bond acceptors (Lipinski definition) is 3. The molecule has 0 aromatic heterocycles. The summed E-state index contributed by atoms with van der Waals surface area (Å²) in [4.78, 5) is 22.0. The lowest BCUT2D eigenvalue weighted by atomic mass is 10.1. The fourth-order valence-corrected chi connectivity index (χ4v) is 2.26. The van der Waals surface area contributed by atoms with Crippen molar-refractivity contribution in [3.05, 3.63) is 68.2 Å². The molecule has 5 nitrogen and oxygen atoms in total. The summed E-state index contributed by atoms with van der Waals surface area (Å²) in [6, 6.07) is 10.6. The van der Waals surface area contributed by atoms with E-state index in [1.165, 1.54) is 24.3 Å². The van der Waals surface area contributed by atoms with Crippen LogP contribution in [0.4, 0.5) is 11.4 Å². The molecule has 2 aromatic carbocycles. The van der Waals surface area contributed by atoms with Crippen molar-refractivity contribution in [3.63, 3.8) is 0 Å². The van der Waals surface area contributed by atoms with E-state index in [9.17, 15) is 14.9 Å². The second-order valence-corrected chi connectivity index (χ2v) is 5.04. The normalized spacial score (nSPS) is 10.2. The highest BCUT2D eigenvalue weighted by Gasteiger charge is 2.11.